The maximum Gasteiger partial charge on any atom is 0.291 e. The third-order valence-electron chi connectivity index (χ3n) is 4.34. The Morgan fingerprint density at radius 2 is 1.61 bits per heavy atom. The third-order valence-corrected chi connectivity index (χ3v) is 4.59. The molecule has 0 spiro atoms. The summed E-state index contributed by atoms with van der Waals surface area (Å²) in [7, 11) is 3.19. The van der Waals surface area contributed by atoms with Gasteiger partial charge in [0, 0.05) is 34.0 Å². The fraction of sp³-hybridized carbons (Fsp3) is 0.227. The maximum atomic E-state index is 12.6. The summed E-state index contributed by atoms with van der Waals surface area (Å²) < 4.78 is 16.7. The minimum Gasteiger partial charge on any atom is -0.496 e. The van der Waals surface area contributed by atoms with Crippen molar-refractivity contribution in [3.63, 3.8) is 0 Å². The van der Waals surface area contributed by atoms with Gasteiger partial charge in [-0.05, 0) is 42.3 Å². The van der Waals surface area contributed by atoms with Crippen LogP contribution in [0, 0.1) is 0 Å². The van der Waals surface area contributed by atoms with Crippen molar-refractivity contribution >= 4 is 23.2 Å². The number of hydrogen-bond acceptors (Lipinski definition) is 4. The number of rotatable bonds is 6. The smallest absolute Gasteiger partial charge is 0.291 e. The normalized spacial score (nSPS) is 10.8. The van der Waals surface area contributed by atoms with Gasteiger partial charge in [0.2, 0.25) is 0 Å². The summed E-state index contributed by atoms with van der Waals surface area (Å²) in [4.78, 5) is 12.6. The van der Waals surface area contributed by atoms with Crippen LogP contribution in [0.4, 0.5) is 5.69 Å². The molecular formula is C22H22ClNO4. The van der Waals surface area contributed by atoms with E-state index >= 15 is 0 Å². The number of hydrogen-bond donors (Lipinski definition) is 1. The van der Waals surface area contributed by atoms with Crippen LogP contribution in [0.15, 0.2) is 52.9 Å². The number of amides is 1. The second-order valence-electron chi connectivity index (χ2n) is 6.57. The molecule has 146 valence electrons. The molecule has 0 unspecified atom stereocenters. The molecule has 0 aliphatic carbocycles. The van der Waals surface area contributed by atoms with E-state index in [0.717, 1.165) is 11.1 Å². The van der Waals surface area contributed by atoms with Crippen LogP contribution in [0.25, 0.3) is 11.3 Å². The quantitative estimate of drug-likeness (QED) is 0.552. The van der Waals surface area contributed by atoms with Gasteiger partial charge in [0.05, 0.1) is 14.2 Å². The van der Waals surface area contributed by atoms with Crippen molar-refractivity contribution < 1.29 is 18.7 Å². The number of halogens is 1. The van der Waals surface area contributed by atoms with Gasteiger partial charge in [0.25, 0.3) is 5.91 Å². The molecule has 0 fully saturated rings. The zero-order chi connectivity index (χ0) is 20.3. The Labute approximate surface area is 169 Å². The van der Waals surface area contributed by atoms with E-state index in [1.54, 1.807) is 50.6 Å². The van der Waals surface area contributed by atoms with E-state index < -0.39 is 0 Å². The lowest BCUT2D eigenvalue weighted by Gasteiger charge is -2.18. The van der Waals surface area contributed by atoms with Crippen molar-refractivity contribution in [2.75, 3.05) is 19.5 Å². The Kier molecular flexibility index (Phi) is 5.95. The van der Waals surface area contributed by atoms with Gasteiger partial charge >= 0.3 is 0 Å². The molecule has 3 rings (SSSR count). The summed E-state index contributed by atoms with van der Waals surface area (Å²) >= 11 is 5.91. The summed E-state index contributed by atoms with van der Waals surface area (Å²) in [6.45, 7) is 4.11. The number of carbonyl (C=O) groups excluding carboxylic acids is 1. The summed E-state index contributed by atoms with van der Waals surface area (Å²) in [5, 5.41) is 3.47. The molecule has 28 heavy (non-hydrogen) atoms. The first-order chi connectivity index (χ1) is 13.4. The Morgan fingerprint density at radius 3 is 2.14 bits per heavy atom. The van der Waals surface area contributed by atoms with E-state index in [0.29, 0.717) is 28.0 Å². The van der Waals surface area contributed by atoms with Crippen molar-refractivity contribution in [2.24, 2.45) is 0 Å². The molecule has 0 bridgehead atoms. The molecule has 1 N–H and O–H groups in total. The van der Waals surface area contributed by atoms with Crippen molar-refractivity contribution in [3.05, 3.63) is 64.9 Å². The van der Waals surface area contributed by atoms with Crippen molar-refractivity contribution in [1.29, 1.82) is 0 Å². The van der Waals surface area contributed by atoms with Crippen LogP contribution in [0.1, 0.15) is 35.9 Å². The Hall–Kier alpha value is -2.92. The predicted octanol–water partition coefficient (Wildman–Crippen LogP) is 5.99. The number of furan rings is 1. The molecule has 0 radical (unpaired) electrons. The van der Waals surface area contributed by atoms with Gasteiger partial charge in [-0.1, -0.05) is 25.4 Å². The summed E-state index contributed by atoms with van der Waals surface area (Å²) in [6.07, 6.45) is 0. The van der Waals surface area contributed by atoms with E-state index in [9.17, 15) is 4.79 Å². The van der Waals surface area contributed by atoms with E-state index in [-0.39, 0.29) is 17.6 Å². The van der Waals surface area contributed by atoms with Crippen LogP contribution in [-0.4, -0.2) is 20.1 Å². The minimum atomic E-state index is -0.360. The highest BCUT2D eigenvalue weighted by molar-refractivity contribution is 6.30. The Balaban J connectivity index is 1.84. The highest BCUT2D eigenvalue weighted by atomic mass is 35.5. The third kappa shape index (κ3) is 4.15. The highest BCUT2D eigenvalue weighted by Gasteiger charge is 2.18. The molecule has 1 heterocycles. The standard InChI is InChI=1S/C22H22ClNO4/c1-13(2)21-19(26-3)11-16(12-20(21)27-4)24-22(25)18-10-9-17(28-18)14-5-7-15(23)8-6-14/h5-13H,1-4H3,(H,24,25). The SMILES string of the molecule is COc1cc(NC(=O)c2ccc(-c3ccc(Cl)cc3)o2)cc(OC)c1C(C)C. The second kappa shape index (κ2) is 8.40. The molecule has 1 aromatic heterocycles. The number of ether oxygens (including phenoxy) is 2. The molecule has 2 aromatic carbocycles. The first kappa shape index (κ1) is 19.8. The second-order valence-corrected chi connectivity index (χ2v) is 7.01. The molecule has 0 aliphatic heterocycles. The molecule has 0 aliphatic rings. The van der Waals surface area contributed by atoms with Gasteiger partial charge in [-0.25, -0.2) is 0 Å². The minimum absolute atomic E-state index is 0.204. The summed E-state index contributed by atoms with van der Waals surface area (Å²) in [5.74, 6) is 1.96. The molecule has 5 nitrogen and oxygen atoms in total. The monoisotopic (exact) mass is 399 g/mol. The molecule has 0 atom stereocenters. The number of anilines is 1. The molecular weight excluding hydrogens is 378 g/mol. The largest absolute Gasteiger partial charge is 0.496 e. The summed E-state index contributed by atoms with van der Waals surface area (Å²) in [5.41, 5.74) is 2.35. The van der Waals surface area contributed by atoms with E-state index in [1.165, 1.54) is 0 Å². The van der Waals surface area contributed by atoms with Crippen LogP contribution >= 0.6 is 11.6 Å². The van der Waals surface area contributed by atoms with E-state index in [4.69, 9.17) is 25.5 Å². The van der Waals surface area contributed by atoms with Crippen molar-refractivity contribution in [2.45, 2.75) is 19.8 Å². The maximum absolute atomic E-state index is 12.6. The number of nitrogens with one attached hydrogen (secondary N) is 1. The zero-order valence-corrected chi connectivity index (χ0v) is 17.0. The van der Waals surface area contributed by atoms with Gasteiger partial charge in [0.15, 0.2) is 5.76 Å². The lowest BCUT2D eigenvalue weighted by Crippen LogP contribution is -2.11. The molecule has 6 heteroatoms. The van der Waals surface area contributed by atoms with Crippen LogP contribution in [0.2, 0.25) is 5.02 Å². The Bertz CT molecular complexity index is 951. The van der Waals surface area contributed by atoms with Crippen LogP contribution in [-0.2, 0) is 0 Å². The van der Waals surface area contributed by atoms with Gasteiger partial charge in [-0.3, -0.25) is 4.79 Å². The number of carbonyl (C=O) groups is 1. The Morgan fingerprint density at radius 1 is 1.00 bits per heavy atom. The van der Waals surface area contributed by atoms with Crippen LogP contribution < -0.4 is 14.8 Å². The van der Waals surface area contributed by atoms with E-state index in [1.807, 2.05) is 12.1 Å². The lowest BCUT2D eigenvalue weighted by atomic mass is 10.00. The van der Waals surface area contributed by atoms with E-state index in [2.05, 4.69) is 19.2 Å². The topological polar surface area (TPSA) is 60.7 Å². The highest BCUT2D eigenvalue weighted by Crippen LogP contribution is 2.38. The van der Waals surface area contributed by atoms with Crippen molar-refractivity contribution in [3.8, 4) is 22.8 Å². The number of methoxy groups -OCH3 is 2. The molecule has 3 aromatic rings. The summed E-state index contributed by atoms with van der Waals surface area (Å²) in [6, 6.07) is 14.2. The first-order valence-corrected chi connectivity index (χ1v) is 9.23. The van der Waals surface area contributed by atoms with Gasteiger partial charge in [0.1, 0.15) is 17.3 Å². The van der Waals surface area contributed by atoms with Crippen LogP contribution in [0.5, 0.6) is 11.5 Å². The fourth-order valence-corrected chi connectivity index (χ4v) is 3.13. The first-order valence-electron chi connectivity index (χ1n) is 8.86. The fourth-order valence-electron chi connectivity index (χ4n) is 3.00. The average molecular weight is 400 g/mol. The van der Waals surface area contributed by atoms with Gasteiger partial charge < -0.3 is 19.2 Å². The lowest BCUT2D eigenvalue weighted by molar-refractivity contribution is 0.0997. The average Bonchev–Trinajstić information content (AvgIpc) is 3.17. The molecule has 0 saturated heterocycles. The molecule has 1 amide bonds. The van der Waals surface area contributed by atoms with Gasteiger partial charge in [-0.15, -0.1) is 0 Å². The molecule has 0 saturated carbocycles. The van der Waals surface area contributed by atoms with Crippen molar-refractivity contribution in [1.82, 2.24) is 0 Å². The van der Waals surface area contributed by atoms with Gasteiger partial charge in [-0.2, -0.15) is 0 Å². The number of benzene rings is 2. The predicted molar refractivity (Wildman–Crippen MR) is 111 cm³/mol. The zero-order valence-electron chi connectivity index (χ0n) is 16.2. The van der Waals surface area contributed by atoms with Crippen LogP contribution in [0.3, 0.4) is 0 Å².